The quantitative estimate of drug-likeness (QED) is 0.462. The fourth-order valence-electron chi connectivity index (χ4n) is 3.59. The minimum atomic E-state index is -0.213. The predicted molar refractivity (Wildman–Crippen MR) is 132 cm³/mol. The van der Waals surface area contributed by atoms with E-state index in [1.54, 1.807) is 42.3 Å². The van der Waals surface area contributed by atoms with Crippen molar-refractivity contribution in [2.75, 3.05) is 18.0 Å². The lowest BCUT2D eigenvalue weighted by Crippen LogP contribution is -2.30. The van der Waals surface area contributed by atoms with E-state index in [4.69, 9.17) is 18.2 Å². The summed E-state index contributed by atoms with van der Waals surface area (Å²) in [7, 11) is 0. The summed E-state index contributed by atoms with van der Waals surface area (Å²) in [6.07, 6.45) is 6.10. The average molecular weight is 474 g/mol. The molecular weight excluding hydrogens is 450 g/mol. The first-order valence-electron chi connectivity index (χ1n) is 11.1. The number of amides is 2. The minimum Gasteiger partial charge on any atom is -0.361 e. The van der Waals surface area contributed by atoms with Gasteiger partial charge in [-0.2, -0.15) is 0 Å². The minimum absolute atomic E-state index is 0.0216. The molecule has 2 heterocycles. The Labute approximate surface area is 203 Å². The zero-order valence-corrected chi connectivity index (χ0v) is 19.5. The number of carbonyl (C=O) groups excluding carboxylic acids is 2. The fourth-order valence-corrected chi connectivity index (χ4v) is 3.87. The third-order valence-electron chi connectivity index (χ3n) is 5.70. The lowest BCUT2D eigenvalue weighted by Gasteiger charge is -2.22. The van der Waals surface area contributed by atoms with Gasteiger partial charge in [0.2, 0.25) is 5.91 Å². The van der Waals surface area contributed by atoms with Crippen molar-refractivity contribution in [2.24, 2.45) is 5.92 Å². The van der Waals surface area contributed by atoms with Crippen molar-refractivity contribution in [2.45, 2.75) is 26.2 Å². The Hall–Kier alpha value is -3.76. The van der Waals surface area contributed by atoms with Crippen LogP contribution in [0.1, 0.15) is 35.7 Å². The van der Waals surface area contributed by atoms with E-state index in [1.807, 2.05) is 18.2 Å². The maximum Gasteiger partial charge on any atom is 0.269 e. The van der Waals surface area contributed by atoms with Gasteiger partial charge in [-0.15, -0.1) is 4.98 Å². The Morgan fingerprint density at radius 2 is 1.97 bits per heavy atom. The number of anilines is 1. The summed E-state index contributed by atoms with van der Waals surface area (Å²) in [5.41, 5.74) is 3.61. The van der Waals surface area contributed by atoms with E-state index in [0.717, 1.165) is 24.0 Å². The van der Waals surface area contributed by atoms with Gasteiger partial charge >= 0.3 is 0 Å². The van der Waals surface area contributed by atoms with E-state index in [2.05, 4.69) is 20.1 Å². The number of rotatable bonds is 8. The molecule has 1 fully saturated rings. The number of carbonyl (C=O) groups is 2. The van der Waals surface area contributed by atoms with Gasteiger partial charge in [0.05, 0.1) is 22.0 Å². The van der Waals surface area contributed by atoms with Crippen molar-refractivity contribution in [1.29, 1.82) is 0 Å². The number of nitrogens with zero attached hydrogens (tertiary/aromatic N) is 4. The molecule has 0 unspecified atom stereocenters. The third-order valence-corrected chi connectivity index (χ3v) is 6.00. The van der Waals surface area contributed by atoms with Gasteiger partial charge in [0.25, 0.3) is 11.7 Å². The highest BCUT2D eigenvalue weighted by Gasteiger charge is 2.27. The molecule has 0 atom stereocenters. The van der Waals surface area contributed by atoms with Crippen LogP contribution >= 0.6 is 11.6 Å². The van der Waals surface area contributed by atoms with Crippen molar-refractivity contribution < 1.29 is 9.59 Å². The van der Waals surface area contributed by atoms with Crippen LogP contribution in [0, 0.1) is 12.5 Å². The predicted octanol–water partition coefficient (Wildman–Crippen LogP) is 5.08. The van der Waals surface area contributed by atoms with Gasteiger partial charge in [-0.3, -0.25) is 14.6 Å². The van der Waals surface area contributed by atoms with Crippen LogP contribution in [0.15, 0.2) is 54.9 Å². The molecule has 2 aromatic heterocycles. The summed E-state index contributed by atoms with van der Waals surface area (Å²) in [5.74, 6) is 0.674. The van der Waals surface area contributed by atoms with Crippen LogP contribution in [0.5, 0.6) is 0 Å². The summed E-state index contributed by atoms with van der Waals surface area (Å²) in [5, 5.41) is 3.37. The number of benzene rings is 1. The molecule has 7 nitrogen and oxygen atoms in total. The van der Waals surface area contributed by atoms with Gasteiger partial charge in [-0.1, -0.05) is 30.3 Å². The Balaban J connectivity index is 1.37. The molecule has 0 radical (unpaired) electrons. The molecular formula is C26H24ClN5O2. The molecule has 0 saturated heterocycles. The van der Waals surface area contributed by atoms with Crippen LogP contribution in [0.4, 0.5) is 11.5 Å². The highest BCUT2D eigenvalue weighted by Crippen LogP contribution is 2.35. The number of hydrogen-bond acceptors (Lipinski definition) is 4. The molecule has 3 aromatic rings. The van der Waals surface area contributed by atoms with Crippen LogP contribution in [-0.2, 0) is 11.2 Å². The van der Waals surface area contributed by atoms with E-state index < -0.39 is 0 Å². The highest BCUT2D eigenvalue weighted by molar-refractivity contribution is 6.34. The molecule has 8 heteroatoms. The van der Waals surface area contributed by atoms with E-state index >= 15 is 0 Å². The first-order valence-corrected chi connectivity index (χ1v) is 11.5. The fraction of sp³-hybridized carbons (Fsp3) is 0.269. The molecule has 172 valence electrons. The smallest absolute Gasteiger partial charge is 0.269 e. The second-order valence-electron chi connectivity index (χ2n) is 8.31. The first kappa shape index (κ1) is 23.4. The van der Waals surface area contributed by atoms with Crippen molar-refractivity contribution in [3.05, 3.63) is 82.4 Å². The van der Waals surface area contributed by atoms with E-state index in [-0.39, 0.29) is 11.8 Å². The topological polar surface area (TPSA) is 79.5 Å². The average Bonchev–Trinajstić information content (AvgIpc) is 3.67. The Kier molecular flexibility index (Phi) is 7.19. The molecule has 0 spiro atoms. The molecule has 1 aliphatic rings. The molecule has 0 bridgehead atoms. The van der Waals surface area contributed by atoms with E-state index in [0.29, 0.717) is 53.2 Å². The molecule has 1 N–H and O–H groups in total. The maximum atomic E-state index is 12.4. The number of halogens is 1. The second-order valence-corrected chi connectivity index (χ2v) is 8.72. The van der Waals surface area contributed by atoms with Crippen molar-refractivity contribution in [3.8, 4) is 11.3 Å². The lowest BCUT2D eigenvalue weighted by molar-refractivity contribution is -0.116. The van der Waals surface area contributed by atoms with E-state index in [1.165, 1.54) is 6.20 Å². The summed E-state index contributed by atoms with van der Waals surface area (Å²) < 4.78 is 0. The number of nitrogens with one attached hydrogen (secondary N) is 1. The number of hydrogen-bond donors (Lipinski definition) is 1. The third kappa shape index (κ3) is 5.77. The van der Waals surface area contributed by atoms with Gasteiger partial charge in [-0.05, 0) is 61.1 Å². The molecule has 1 aliphatic carbocycles. The van der Waals surface area contributed by atoms with Crippen LogP contribution in [0.25, 0.3) is 16.1 Å². The van der Waals surface area contributed by atoms with Crippen molar-refractivity contribution in [1.82, 2.24) is 15.3 Å². The van der Waals surface area contributed by atoms with Crippen molar-refractivity contribution >= 4 is 34.9 Å². The Morgan fingerprint density at radius 3 is 2.56 bits per heavy atom. The van der Waals surface area contributed by atoms with Crippen LogP contribution in [0.2, 0.25) is 5.02 Å². The van der Waals surface area contributed by atoms with Gasteiger partial charge in [0, 0.05) is 31.8 Å². The molecule has 1 aromatic carbocycles. The largest absolute Gasteiger partial charge is 0.361 e. The summed E-state index contributed by atoms with van der Waals surface area (Å²) in [6.45, 7) is 9.63. The second kappa shape index (κ2) is 10.4. The van der Waals surface area contributed by atoms with Crippen LogP contribution < -0.4 is 10.2 Å². The van der Waals surface area contributed by atoms with Gasteiger partial charge in [0.1, 0.15) is 6.20 Å². The maximum absolute atomic E-state index is 12.4. The SMILES string of the molecule is [C-]#[N+]c1ccc(CCNC(=O)c2ccc(-c3ccc(N(CC4CC4)C(C)=O)c(Cl)c3)nc2)cn1. The summed E-state index contributed by atoms with van der Waals surface area (Å²) >= 11 is 6.52. The van der Waals surface area contributed by atoms with Gasteiger partial charge in [-0.25, -0.2) is 0 Å². The molecule has 1 saturated carbocycles. The summed E-state index contributed by atoms with van der Waals surface area (Å²) in [6, 6.07) is 12.5. The highest BCUT2D eigenvalue weighted by atomic mass is 35.5. The summed E-state index contributed by atoms with van der Waals surface area (Å²) in [4.78, 5) is 38.0. The van der Waals surface area contributed by atoms with Crippen molar-refractivity contribution in [3.63, 3.8) is 0 Å². The van der Waals surface area contributed by atoms with Crippen LogP contribution in [-0.4, -0.2) is 34.9 Å². The monoisotopic (exact) mass is 473 g/mol. The zero-order valence-electron chi connectivity index (χ0n) is 18.8. The standard InChI is InChI=1S/C26H24ClN5O2/c1-17(33)32(16-19-3-4-19)24-9-7-20(13-22(24)27)23-8-6-21(15-30-23)26(34)29-12-11-18-5-10-25(28-2)31-14-18/h5-10,13-15,19H,3-4,11-12,16H2,1H3,(H,29,34). The zero-order chi connectivity index (χ0) is 24.1. The Bertz CT molecular complexity index is 1230. The number of aromatic nitrogens is 2. The molecule has 2 amide bonds. The molecule has 0 aliphatic heterocycles. The Morgan fingerprint density at radius 1 is 1.15 bits per heavy atom. The van der Waals surface area contributed by atoms with Gasteiger partial charge in [0.15, 0.2) is 0 Å². The molecule has 34 heavy (non-hydrogen) atoms. The van der Waals surface area contributed by atoms with E-state index in [9.17, 15) is 9.59 Å². The van der Waals surface area contributed by atoms with Crippen LogP contribution in [0.3, 0.4) is 0 Å². The molecule has 4 rings (SSSR count). The normalized spacial score (nSPS) is 12.6. The lowest BCUT2D eigenvalue weighted by atomic mass is 10.1. The number of pyridine rings is 2. The van der Waals surface area contributed by atoms with Gasteiger partial charge < -0.3 is 15.1 Å². The first-order chi connectivity index (χ1) is 16.4.